The number of carbonyl (C=O) groups is 2. The number of nitrogens with zero attached hydrogens (tertiary/aromatic N) is 1. The average molecular weight is 219 g/mol. The van der Waals surface area contributed by atoms with Crippen LogP contribution in [0.1, 0.15) is 46.8 Å². The SMILES string of the molecule is C=CCn1c(C(C)=O)cc(C=O)c1CCC. The van der Waals surface area contributed by atoms with E-state index in [-0.39, 0.29) is 5.78 Å². The summed E-state index contributed by atoms with van der Waals surface area (Å²) in [4.78, 5) is 22.4. The maximum atomic E-state index is 11.5. The van der Waals surface area contributed by atoms with Gasteiger partial charge in [-0.2, -0.15) is 0 Å². The number of carbonyl (C=O) groups excluding carboxylic acids is 2. The minimum Gasteiger partial charge on any atom is -0.338 e. The number of aromatic nitrogens is 1. The van der Waals surface area contributed by atoms with Crippen LogP contribution < -0.4 is 0 Å². The highest BCUT2D eigenvalue weighted by Crippen LogP contribution is 2.17. The summed E-state index contributed by atoms with van der Waals surface area (Å²) >= 11 is 0. The molecule has 86 valence electrons. The summed E-state index contributed by atoms with van der Waals surface area (Å²) in [5.74, 6) is -0.0210. The van der Waals surface area contributed by atoms with Gasteiger partial charge < -0.3 is 4.57 Å². The molecule has 1 heterocycles. The summed E-state index contributed by atoms with van der Waals surface area (Å²) in [6, 6.07) is 1.67. The van der Waals surface area contributed by atoms with Gasteiger partial charge in [-0.25, -0.2) is 0 Å². The summed E-state index contributed by atoms with van der Waals surface area (Å²) in [5.41, 5.74) is 2.14. The van der Waals surface area contributed by atoms with Gasteiger partial charge in [0.15, 0.2) is 12.1 Å². The topological polar surface area (TPSA) is 39.1 Å². The molecule has 0 atom stereocenters. The van der Waals surface area contributed by atoms with E-state index in [9.17, 15) is 9.59 Å². The Morgan fingerprint density at radius 1 is 1.56 bits per heavy atom. The van der Waals surface area contributed by atoms with Crippen LogP contribution in [0.3, 0.4) is 0 Å². The molecule has 1 aromatic heterocycles. The van der Waals surface area contributed by atoms with Crippen molar-refractivity contribution in [3.8, 4) is 0 Å². The first kappa shape index (κ1) is 12.4. The molecule has 3 nitrogen and oxygen atoms in total. The van der Waals surface area contributed by atoms with Gasteiger partial charge in [0.25, 0.3) is 0 Å². The highest BCUT2D eigenvalue weighted by molar-refractivity contribution is 5.95. The highest BCUT2D eigenvalue weighted by atomic mass is 16.1. The summed E-state index contributed by atoms with van der Waals surface area (Å²) in [6.45, 7) is 7.80. The molecule has 1 aromatic rings. The molecule has 0 radical (unpaired) electrons. The number of ketones is 1. The Balaban J connectivity index is 3.34. The fourth-order valence-corrected chi connectivity index (χ4v) is 1.86. The Labute approximate surface area is 95.8 Å². The van der Waals surface area contributed by atoms with Crippen molar-refractivity contribution in [3.63, 3.8) is 0 Å². The number of allylic oxidation sites excluding steroid dienone is 1. The van der Waals surface area contributed by atoms with E-state index in [1.54, 1.807) is 12.1 Å². The predicted molar refractivity (Wildman–Crippen MR) is 64.0 cm³/mol. The third-order valence-electron chi connectivity index (χ3n) is 2.53. The third-order valence-corrected chi connectivity index (χ3v) is 2.53. The highest BCUT2D eigenvalue weighted by Gasteiger charge is 2.15. The molecule has 1 rings (SSSR count). The lowest BCUT2D eigenvalue weighted by atomic mass is 10.2. The number of Topliss-reactive ketones (excluding diaryl/α,β-unsaturated/α-hetero) is 1. The van der Waals surface area contributed by atoms with Crippen molar-refractivity contribution in [1.29, 1.82) is 0 Å². The lowest BCUT2D eigenvalue weighted by molar-refractivity contribution is 0.100. The van der Waals surface area contributed by atoms with Crippen molar-refractivity contribution in [1.82, 2.24) is 4.57 Å². The van der Waals surface area contributed by atoms with Crippen molar-refractivity contribution in [2.45, 2.75) is 33.2 Å². The molecule has 16 heavy (non-hydrogen) atoms. The smallest absolute Gasteiger partial charge is 0.176 e. The van der Waals surface area contributed by atoms with Gasteiger partial charge >= 0.3 is 0 Å². The average Bonchev–Trinajstić information content (AvgIpc) is 2.59. The van der Waals surface area contributed by atoms with Crippen molar-refractivity contribution in [2.24, 2.45) is 0 Å². The second kappa shape index (κ2) is 5.45. The second-order valence-electron chi connectivity index (χ2n) is 3.75. The maximum absolute atomic E-state index is 11.5. The standard InChI is InChI=1S/C13H17NO2/c1-4-6-12-11(9-15)8-13(10(3)16)14(12)7-5-2/h5,8-9H,2,4,6-7H2,1,3H3. The third kappa shape index (κ3) is 2.30. The molecule has 0 aliphatic carbocycles. The van der Waals surface area contributed by atoms with E-state index in [1.165, 1.54) is 6.92 Å². The van der Waals surface area contributed by atoms with Crippen LogP contribution >= 0.6 is 0 Å². The first-order valence-corrected chi connectivity index (χ1v) is 5.45. The molecular weight excluding hydrogens is 202 g/mol. The van der Waals surface area contributed by atoms with Crippen LogP contribution in [-0.2, 0) is 13.0 Å². The molecule has 0 aromatic carbocycles. The largest absolute Gasteiger partial charge is 0.338 e. The first-order valence-electron chi connectivity index (χ1n) is 5.45. The fourth-order valence-electron chi connectivity index (χ4n) is 1.86. The maximum Gasteiger partial charge on any atom is 0.176 e. The Morgan fingerprint density at radius 3 is 2.69 bits per heavy atom. The van der Waals surface area contributed by atoms with Gasteiger partial charge in [0.05, 0.1) is 5.69 Å². The van der Waals surface area contributed by atoms with Gasteiger partial charge in [-0.1, -0.05) is 19.4 Å². The van der Waals surface area contributed by atoms with Crippen molar-refractivity contribution >= 4 is 12.1 Å². The molecule has 0 aliphatic rings. The lowest BCUT2D eigenvalue weighted by Gasteiger charge is -2.09. The number of rotatable bonds is 6. The molecule has 0 spiro atoms. The van der Waals surface area contributed by atoms with Crippen LogP contribution in [0, 0.1) is 0 Å². The van der Waals surface area contributed by atoms with Crippen molar-refractivity contribution in [2.75, 3.05) is 0 Å². The molecule has 0 bridgehead atoms. The van der Waals surface area contributed by atoms with Gasteiger partial charge in [-0.3, -0.25) is 9.59 Å². The first-order chi connectivity index (χ1) is 7.65. The summed E-state index contributed by atoms with van der Waals surface area (Å²) < 4.78 is 1.88. The molecular formula is C13H17NO2. The van der Waals surface area contributed by atoms with Gasteiger partial charge in [0.1, 0.15) is 0 Å². The van der Waals surface area contributed by atoms with Crippen LogP contribution in [0.15, 0.2) is 18.7 Å². The summed E-state index contributed by atoms with van der Waals surface area (Å²) in [6.07, 6.45) is 4.30. The number of hydrogen-bond acceptors (Lipinski definition) is 2. The van der Waals surface area contributed by atoms with Gasteiger partial charge in [-0.05, 0) is 12.5 Å². The van der Waals surface area contributed by atoms with Crippen molar-refractivity contribution in [3.05, 3.63) is 35.7 Å². The molecule has 3 heteroatoms. The zero-order valence-electron chi connectivity index (χ0n) is 9.82. The molecule has 0 saturated heterocycles. The van der Waals surface area contributed by atoms with E-state index in [0.29, 0.717) is 17.8 Å². The quantitative estimate of drug-likeness (QED) is 0.419. The van der Waals surface area contributed by atoms with Crippen LogP contribution in [0.5, 0.6) is 0 Å². The minimum absolute atomic E-state index is 0.0210. The van der Waals surface area contributed by atoms with Gasteiger partial charge in [-0.15, -0.1) is 6.58 Å². The van der Waals surface area contributed by atoms with Crippen LogP contribution in [0.4, 0.5) is 0 Å². The normalized spacial score (nSPS) is 10.1. The molecule has 0 saturated carbocycles. The minimum atomic E-state index is -0.0210. The molecule has 0 fully saturated rings. The second-order valence-corrected chi connectivity index (χ2v) is 3.75. The van der Waals surface area contributed by atoms with Crippen LogP contribution in [0.2, 0.25) is 0 Å². The summed E-state index contributed by atoms with van der Waals surface area (Å²) in [7, 11) is 0. The zero-order valence-corrected chi connectivity index (χ0v) is 9.82. The van der Waals surface area contributed by atoms with E-state index < -0.39 is 0 Å². The van der Waals surface area contributed by atoms with E-state index in [1.807, 2.05) is 11.5 Å². The Kier molecular flexibility index (Phi) is 4.23. The Bertz CT molecular complexity index is 416. The Hall–Kier alpha value is -1.64. The van der Waals surface area contributed by atoms with Crippen molar-refractivity contribution < 1.29 is 9.59 Å². The number of hydrogen-bond donors (Lipinski definition) is 0. The summed E-state index contributed by atoms with van der Waals surface area (Å²) in [5, 5.41) is 0. The van der Waals surface area contributed by atoms with E-state index in [0.717, 1.165) is 24.8 Å². The lowest BCUT2D eigenvalue weighted by Crippen LogP contribution is -2.09. The number of aldehydes is 1. The van der Waals surface area contributed by atoms with Crippen LogP contribution in [0.25, 0.3) is 0 Å². The molecule has 0 aliphatic heterocycles. The Morgan fingerprint density at radius 2 is 2.25 bits per heavy atom. The van der Waals surface area contributed by atoms with E-state index in [2.05, 4.69) is 6.58 Å². The van der Waals surface area contributed by atoms with E-state index in [4.69, 9.17) is 0 Å². The van der Waals surface area contributed by atoms with Crippen LogP contribution in [-0.4, -0.2) is 16.6 Å². The molecule has 0 amide bonds. The predicted octanol–water partition coefficient (Wildman–Crippen LogP) is 2.64. The van der Waals surface area contributed by atoms with Gasteiger partial charge in [0, 0.05) is 24.7 Å². The van der Waals surface area contributed by atoms with Gasteiger partial charge in [0.2, 0.25) is 0 Å². The molecule has 0 N–H and O–H groups in total. The monoisotopic (exact) mass is 219 g/mol. The van der Waals surface area contributed by atoms with E-state index >= 15 is 0 Å². The fraction of sp³-hybridized carbons (Fsp3) is 0.385. The molecule has 0 unspecified atom stereocenters. The zero-order chi connectivity index (χ0) is 12.1.